The zero-order valence-electron chi connectivity index (χ0n) is 14.3. The Hall–Kier alpha value is -3.47. The first-order valence-corrected chi connectivity index (χ1v) is 8.04. The smallest absolute Gasteiger partial charge is 0.414 e. The monoisotopic (exact) mass is 373 g/mol. The predicted octanol–water partition coefficient (Wildman–Crippen LogP) is 1.83. The number of ether oxygens (including phenoxy) is 3. The summed E-state index contributed by atoms with van der Waals surface area (Å²) in [6, 6.07) is 5.55. The van der Waals surface area contributed by atoms with Crippen LogP contribution >= 0.6 is 0 Å². The van der Waals surface area contributed by atoms with E-state index in [2.05, 4.69) is 15.1 Å². The van der Waals surface area contributed by atoms with Crippen molar-refractivity contribution in [1.82, 2.24) is 19.7 Å². The average molecular weight is 373 g/mol. The molecule has 0 saturated carbocycles. The second-order valence-corrected chi connectivity index (χ2v) is 5.80. The highest BCUT2D eigenvalue weighted by Crippen LogP contribution is 2.24. The summed E-state index contributed by atoms with van der Waals surface area (Å²) in [5.41, 5.74) is 1.43. The molecule has 1 atom stereocenters. The van der Waals surface area contributed by atoms with Crippen LogP contribution in [0.1, 0.15) is 5.76 Å². The van der Waals surface area contributed by atoms with Gasteiger partial charge in [-0.1, -0.05) is 5.16 Å². The summed E-state index contributed by atoms with van der Waals surface area (Å²) in [5.74, 6) is 0.809. The van der Waals surface area contributed by atoms with Crippen molar-refractivity contribution in [1.29, 1.82) is 0 Å². The third-order valence-electron chi connectivity index (χ3n) is 3.97. The van der Waals surface area contributed by atoms with Crippen molar-refractivity contribution in [2.75, 3.05) is 13.7 Å². The van der Waals surface area contributed by atoms with Crippen LogP contribution in [0.25, 0.3) is 11.3 Å². The summed E-state index contributed by atoms with van der Waals surface area (Å²) in [6.07, 6.45) is 2.68. The van der Waals surface area contributed by atoms with Gasteiger partial charge in [-0.2, -0.15) is 0 Å². The molecule has 0 aliphatic carbocycles. The van der Waals surface area contributed by atoms with E-state index in [1.807, 2.05) is 6.07 Å². The minimum Gasteiger partial charge on any atom is -0.481 e. The van der Waals surface area contributed by atoms with E-state index in [9.17, 15) is 10.1 Å². The average Bonchev–Trinajstić information content (AvgIpc) is 3.33. The maximum Gasteiger partial charge on any atom is 0.414 e. The van der Waals surface area contributed by atoms with E-state index in [0.29, 0.717) is 23.9 Å². The van der Waals surface area contributed by atoms with E-state index in [1.54, 1.807) is 30.0 Å². The predicted molar refractivity (Wildman–Crippen MR) is 89.2 cm³/mol. The molecule has 0 fully saturated rings. The molecule has 0 bridgehead atoms. The highest BCUT2D eigenvalue weighted by atomic mass is 16.6. The number of hydrogen-bond acceptors (Lipinski definition) is 9. The fourth-order valence-corrected chi connectivity index (χ4v) is 2.63. The molecule has 11 nitrogen and oxygen atoms in total. The molecular formula is C16H15N5O6. The van der Waals surface area contributed by atoms with E-state index < -0.39 is 4.92 Å². The molecule has 0 N–H and O–H groups in total. The molecule has 27 heavy (non-hydrogen) atoms. The van der Waals surface area contributed by atoms with Crippen molar-refractivity contribution in [3.63, 3.8) is 0 Å². The second kappa shape index (κ2) is 7.03. The molecule has 0 radical (unpaired) electrons. The molecule has 0 amide bonds. The summed E-state index contributed by atoms with van der Waals surface area (Å²) < 4.78 is 23.0. The number of nitro groups is 1. The van der Waals surface area contributed by atoms with Crippen LogP contribution in [0.4, 0.5) is 5.82 Å². The summed E-state index contributed by atoms with van der Waals surface area (Å²) in [6.45, 7) is 0.841. The first-order chi connectivity index (χ1) is 13.1. The van der Waals surface area contributed by atoms with Crippen LogP contribution in [-0.2, 0) is 17.9 Å². The largest absolute Gasteiger partial charge is 0.481 e. The summed E-state index contributed by atoms with van der Waals surface area (Å²) >= 11 is 0. The molecule has 0 spiro atoms. The summed E-state index contributed by atoms with van der Waals surface area (Å²) in [5, 5.41) is 14.8. The lowest BCUT2D eigenvalue weighted by Gasteiger charge is -2.21. The lowest BCUT2D eigenvalue weighted by atomic mass is 10.2. The molecule has 0 saturated heterocycles. The van der Waals surface area contributed by atoms with Gasteiger partial charge in [0.25, 0.3) is 0 Å². The third-order valence-corrected chi connectivity index (χ3v) is 3.97. The fourth-order valence-electron chi connectivity index (χ4n) is 2.63. The molecule has 3 aromatic rings. The van der Waals surface area contributed by atoms with Gasteiger partial charge in [0.05, 0.1) is 13.7 Å². The molecule has 3 aromatic heterocycles. The van der Waals surface area contributed by atoms with Crippen molar-refractivity contribution >= 4 is 5.82 Å². The Morgan fingerprint density at radius 2 is 2.33 bits per heavy atom. The lowest BCUT2D eigenvalue weighted by Crippen LogP contribution is -2.32. The molecular weight excluding hydrogens is 358 g/mol. The van der Waals surface area contributed by atoms with Gasteiger partial charge in [0.15, 0.2) is 5.76 Å². The van der Waals surface area contributed by atoms with Crippen molar-refractivity contribution in [2.24, 2.45) is 0 Å². The van der Waals surface area contributed by atoms with Crippen molar-refractivity contribution < 1.29 is 23.7 Å². The second-order valence-electron chi connectivity index (χ2n) is 5.80. The molecule has 0 unspecified atom stereocenters. The standard InChI is InChI=1S/C16H15N5O6/c1-24-15-3-2-10(5-17-15)13-4-11(27-19-13)8-25-12-6-20-7-14(21(22)23)18-16(20)26-9-12/h2-5,7,12H,6,8-9H2,1H3/t12-/m0/s1. The Kier molecular flexibility index (Phi) is 4.42. The van der Waals surface area contributed by atoms with Gasteiger partial charge in [-0.05, 0) is 11.0 Å². The van der Waals surface area contributed by atoms with Crippen molar-refractivity contribution in [3.8, 4) is 23.1 Å². The van der Waals surface area contributed by atoms with E-state index in [4.69, 9.17) is 18.7 Å². The van der Waals surface area contributed by atoms with Gasteiger partial charge in [0.1, 0.15) is 31.2 Å². The summed E-state index contributed by atoms with van der Waals surface area (Å²) in [7, 11) is 1.55. The SMILES string of the molecule is COc1ccc(-c2cc(CO[C@@H]3COc4nc([N+](=O)[O-])cn4C3)on2)cn1. The Morgan fingerprint density at radius 1 is 1.44 bits per heavy atom. The van der Waals surface area contributed by atoms with Crippen LogP contribution in [0.3, 0.4) is 0 Å². The van der Waals surface area contributed by atoms with Gasteiger partial charge in [0, 0.05) is 28.9 Å². The zero-order chi connectivity index (χ0) is 18.8. The number of aromatic nitrogens is 4. The first-order valence-electron chi connectivity index (χ1n) is 8.04. The Balaban J connectivity index is 1.36. The van der Waals surface area contributed by atoms with Crippen LogP contribution in [-0.4, -0.2) is 44.4 Å². The molecule has 4 rings (SSSR count). The molecule has 1 aliphatic rings. The number of nitrogens with zero attached hydrogens (tertiary/aromatic N) is 5. The lowest BCUT2D eigenvalue weighted by molar-refractivity contribution is -0.389. The fraction of sp³-hybridized carbons (Fsp3) is 0.312. The Labute approximate surface area is 152 Å². The molecule has 140 valence electrons. The molecule has 11 heteroatoms. The number of hydrogen-bond donors (Lipinski definition) is 0. The van der Waals surface area contributed by atoms with Gasteiger partial charge < -0.3 is 28.8 Å². The molecule has 1 aliphatic heterocycles. The maximum absolute atomic E-state index is 10.8. The number of fused-ring (bicyclic) bond motifs is 1. The zero-order valence-corrected chi connectivity index (χ0v) is 14.3. The number of rotatable bonds is 6. The quantitative estimate of drug-likeness (QED) is 0.469. The molecule has 4 heterocycles. The highest BCUT2D eigenvalue weighted by Gasteiger charge is 2.28. The number of pyridine rings is 1. The van der Waals surface area contributed by atoms with Gasteiger partial charge in [-0.3, -0.25) is 4.57 Å². The Bertz CT molecular complexity index is 951. The first kappa shape index (κ1) is 17.0. The minimum atomic E-state index is -0.561. The van der Waals surface area contributed by atoms with E-state index in [1.165, 1.54) is 6.20 Å². The number of imidazole rings is 1. The Morgan fingerprint density at radius 3 is 3.07 bits per heavy atom. The van der Waals surface area contributed by atoms with Gasteiger partial charge in [-0.15, -0.1) is 0 Å². The molecule has 0 aromatic carbocycles. The highest BCUT2D eigenvalue weighted by molar-refractivity contribution is 5.57. The maximum atomic E-state index is 10.8. The van der Waals surface area contributed by atoms with Crippen molar-refractivity contribution in [3.05, 3.63) is 46.5 Å². The van der Waals surface area contributed by atoms with Gasteiger partial charge in [0.2, 0.25) is 5.88 Å². The van der Waals surface area contributed by atoms with Crippen LogP contribution < -0.4 is 9.47 Å². The topological polar surface area (TPSA) is 128 Å². The third kappa shape index (κ3) is 3.58. The normalized spacial score (nSPS) is 15.8. The van der Waals surface area contributed by atoms with Gasteiger partial charge in [-0.25, -0.2) is 4.98 Å². The minimum absolute atomic E-state index is 0.191. The number of methoxy groups -OCH3 is 1. The van der Waals surface area contributed by atoms with E-state index in [0.717, 1.165) is 5.56 Å². The van der Waals surface area contributed by atoms with E-state index >= 15 is 0 Å². The van der Waals surface area contributed by atoms with E-state index in [-0.39, 0.29) is 31.1 Å². The van der Waals surface area contributed by atoms with Crippen molar-refractivity contribution in [2.45, 2.75) is 19.3 Å². The van der Waals surface area contributed by atoms with Crippen LogP contribution in [0.2, 0.25) is 0 Å². The summed E-state index contributed by atoms with van der Waals surface area (Å²) in [4.78, 5) is 18.1. The van der Waals surface area contributed by atoms with Crippen LogP contribution in [0.5, 0.6) is 11.9 Å². The van der Waals surface area contributed by atoms with Gasteiger partial charge >= 0.3 is 11.8 Å². The van der Waals surface area contributed by atoms with Crippen LogP contribution in [0.15, 0.2) is 35.1 Å². The van der Waals surface area contributed by atoms with Crippen LogP contribution in [0, 0.1) is 10.1 Å².